The summed E-state index contributed by atoms with van der Waals surface area (Å²) in [6, 6.07) is 31.7. The summed E-state index contributed by atoms with van der Waals surface area (Å²) in [5.74, 6) is -4.50. The molecule has 2 aliphatic heterocycles. The van der Waals surface area contributed by atoms with Crippen LogP contribution < -0.4 is 9.80 Å². The summed E-state index contributed by atoms with van der Waals surface area (Å²) in [5.41, 5.74) is 3.75. The minimum absolute atomic E-state index is 0.0408. The molecule has 6 atom stereocenters. The molecule has 276 valence electrons. The van der Waals surface area contributed by atoms with Gasteiger partial charge in [-0.05, 0) is 72.2 Å². The summed E-state index contributed by atoms with van der Waals surface area (Å²) in [4.78, 5) is 63.2. The number of hydrogen-bond donors (Lipinski definition) is 1. The third-order valence-corrected chi connectivity index (χ3v) is 12.7. The van der Waals surface area contributed by atoms with Crippen molar-refractivity contribution in [2.24, 2.45) is 23.7 Å². The molecule has 1 N–H and O–H groups in total. The van der Waals surface area contributed by atoms with E-state index in [1.165, 1.54) is 11.0 Å². The van der Waals surface area contributed by atoms with Gasteiger partial charge in [-0.25, -0.2) is 0 Å². The first-order valence-electron chi connectivity index (χ1n) is 19.2. The zero-order chi connectivity index (χ0) is 37.8. The quantitative estimate of drug-likeness (QED) is 0.162. The second kappa shape index (κ2) is 13.8. The van der Waals surface area contributed by atoms with E-state index in [1.54, 1.807) is 6.08 Å². The molecule has 2 amide bonds. The Morgan fingerprint density at radius 1 is 0.800 bits per heavy atom. The SMILES string of the molecule is C=CCc1cccc([C@H]2C3=CC[C@@H]4C(=O)N(c5ccc(N6CCOCC6)cc5)C(=O)[C@@H]4[C@@H]3C[C@H]3C(=O)C(c4ccccc4)=CC(=O)[C@@]23c2ccccc2)c1O. The van der Waals surface area contributed by atoms with Crippen LogP contribution in [0.5, 0.6) is 5.75 Å². The van der Waals surface area contributed by atoms with E-state index >= 15 is 9.59 Å². The molecule has 3 fully saturated rings. The van der Waals surface area contributed by atoms with Gasteiger partial charge in [0.1, 0.15) is 5.75 Å². The maximum atomic E-state index is 15.3. The van der Waals surface area contributed by atoms with Gasteiger partial charge < -0.3 is 14.7 Å². The molecule has 8 nitrogen and oxygen atoms in total. The number of phenols is 1. The Hall–Kier alpha value is -5.86. The molecule has 2 saturated heterocycles. The van der Waals surface area contributed by atoms with Gasteiger partial charge in [-0.15, -0.1) is 6.58 Å². The van der Waals surface area contributed by atoms with Crippen LogP contribution in [-0.4, -0.2) is 54.8 Å². The fourth-order valence-corrected chi connectivity index (χ4v) is 10.3. The van der Waals surface area contributed by atoms with Crippen molar-refractivity contribution in [3.8, 4) is 5.75 Å². The Kier molecular flexibility index (Phi) is 8.73. The number of allylic oxidation sites excluding steroid dienone is 5. The molecule has 0 bridgehead atoms. The maximum absolute atomic E-state index is 15.3. The molecule has 0 aromatic heterocycles. The average molecular weight is 731 g/mol. The van der Waals surface area contributed by atoms with Gasteiger partial charge in [0.15, 0.2) is 11.6 Å². The van der Waals surface area contributed by atoms with Gasteiger partial charge in [-0.1, -0.05) is 96.6 Å². The molecule has 0 unspecified atom stereocenters. The summed E-state index contributed by atoms with van der Waals surface area (Å²) in [7, 11) is 0. The lowest BCUT2D eigenvalue weighted by Crippen LogP contribution is -2.58. The summed E-state index contributed by atoms with van der Waals surface area (Å²) in [5, 5.41) is 12.1. The van der Waals surface area contributed by atoms with Crippen molar-refractivity contribution in [1.82, 2.24) is 0 Å². The highest BCUT2D eigenvalue weighted by Gasteiger charge is 2.66. The van der Waals surface area contributed by atoms with Gasteiger partial charge >= 0.3 is 0 Å². The van der Waals surface area contributed by atoms with Crippen LogP contribution in [0, 0.1) is 23.7 Å². The zero-order valence-corrected chi connectivity index (χ0v) is 30.5. The average Bonchev–Trinajstić information content (AvgIpc) is 3.49. The number of para-hydroxylation sites is 1. The Morgan fingerprint density at radius 3 is 2.20 bits per heavy atom. The van der Waals surface area contributed by atoms with E-state index in [9.17, 15) is 14.7 Å². The van der Waals surface area contributed by atoms with Gasteiger partial charge in [0.25, 0.3) is 0 Å². The molecule has 0 spiro atoms. The second-order valence-corrected chi connectivity index (χ2v) is 15.3. The van der Waals surface area contributed by atoms with Crippen molar-refractivity contribution in [1.29, 1.82) is 0 Å². The highest BCUT2D eigenvalue weighted by atomic mass is 16.5. The molecular weight excluding hydrogens is 689 g/mol. The van der Waals surface area contributed by atoms with Gasteiger partial charge in [-0.3, -0.25) is 24.1 Å². The molecule has 8 heteroatoms. The minimum atomic E-state index is -1.42. The van der Waals surface area contributed by atoms with Crippen molar-refractivity contribution in [2.75, 3.05) is 36.1 Å². The lowest BCUT2D eigenvalue weighted by molar-refractivity contribution is -0.135. The topological polar surface area (TPSA) is 104 Å². The number of amides is 2. The Balaban J connectivity index is 1.20. The van der Waals surface area contributed by atoms with Gasteiger partial charge in [-0.2, -0.15) is 0 Å². The molecule has 4 aromatic rings. The van der Waals surface area contributed by atoms with E-state index in [4.69, 9.17) is 4.74 Å². The van der Waals surface area contributed by atoms with Crippen LogP contribution in [0.15, 0.2) is 134 Å². The van der Waals surface area contributed by atoms with E-state index < -0.39 is 35.0 Å². The number of anilines is 2. The Labute approximate surface area is 320 Å². The first-order valence-corrected chi connectivity index (χ1v) is 19.2. The molecule has 2 heterocycles. The third-order valence-electron chi connectivity index (χ3n) is 12.7. The zero-order valence-electron chi connectivity index (χ0n) is 30.5. The highest BCUT2D eigenvalue weighted by molar-refractivity contribution is 6.32. The Bertz CT molecular complexity index is 2270. The van der Waals surface area contributed by atoms with Gasteiger partial charge in [0.05, 0.1) is 36.2 Å². The number of carbonyl (C=O) groups excluding carboxylic acids is 4. The summed E-state index contributed by atoms with van der Waals surface area (Å²) >= 11 is 0. The van der Waals surface area contributed by atoms with Gasteiger partial charge in [0, 0.05) is 41.7 Å². The fourth-order valence-electron chi connectivity index (χ4n) is 10.3. The predicted octanol–water partition coefficient (Wildman–Crippen LogP) is 6.99. The van der Waals surface area contributed by atoms with Crippen LogP contribution in [0.25, 0.3) is 5.57 Å². The summed E-state index contributed by atoms with van der Waals surface area (Å²) in [6.07, 6.45) is 6.15. The van der Waals surface area contributed by atoms with Crippen LogP contribution in [0.3, 0.4) is 0 Å². The number of nitrogens with zero attached hydrogens (tertiary/aromatic N) is 2. The first-order chi connectivity index (χ1) is 26.8. The first kappa shape index (κ1) is 34.9. The van der Waals surface area contributed by atoms with E-state index in [0.717, 1.165) is 24.4 Å². The molecule has 0 radical (unpaired) electrons. The van der Waals surface area contributed by atoms with Crippen LogP contribution in [0.2, 0.25) is 0 Å². The molecule has 4 aromatic carbocycles. The van der Waals surface area contributed by atoms with Gasteiger partial charge in [0.2, 0.25) is 11.8 Å². The number of hydrogen-bond acceptors (Lipinski definition) is 7. The van der Waals surface area contributed by atoms with Crippen molar-refractivity contribution in [3.63, 3.8) is 0 Å². The van der Waals surface area contributed by atoms with Crippen LogP contribution in [-0.2, 0) is 35.8 Å². The summed E-state index contributed by atoms with van der Waals surface area (Å²) < 4.78 is 5.51. The second-order valence-electron chi connectivity index (χ2n) is 15.3. The molecule has 1 saturated carbocycles. The standard InChI is InChI=1S/C47H42N2O6/c1-2-10-30-13-9-16-36(43(30)51)42-34-21-22-35-41(46(54)49(45(35)53)33-19-17-32(18-20-33)48-23-25-55-26-24-48)38(34)27-39-44(52)37(29-11-5-3-6-12-29)28-40(50)47(39,42)31-14-7-4-8-15-31/h2-9,11-21,28,35,38-39,41-42,51H,1,10,22-27H2/t35-,38+,39-,41-,42+,47-/m0/s1. The molecule has 9 rings (SSSR count). The van der Waals surface area contributed by atoms with Crippen molar-refractivity contribution in [2.45, 2.75) is 30.6 Å². The number of fused-ring (bicyclic) bond motifs is 4. The number of ether oxygens (including phenoxy) is 1. The number of morpholine rings is 1. The smallest absolute Gasteiger partial charge is 0.238 e. The van der Waals surface area contributed by atoms with E-state index in [2.05, 4.69) is 11.5 Å². The van der Waals surface area contributed by atoms with Crippen LogP contribution >= 0.6 is 0 Å². The number of carbonyl (C=O) groups is 4. The van der Waals surface area contributed by atoms with E-state index in [1.807, 2.05) is 109 Å². The number of ketones is 2. The largest absolute Gasteiger partial charge is 0.507 e. The third kappa shape index (κ3) is 5.37. The van der Waals surface area contributed by atoms with Crippen molar-refractivity contribution in [3.05, 3.63) is 156 Å². The highest BCUT2D eigenvalue weighted by Crippen LogP contribution is 2.64. The molecular formula is C47H42N2O6. The number of Topliss-reactive ketones (excluding diaryl/α,β-unsaturated/α-hetero) is 1. The van der Waals surface area contributed by atoms with E-state index in [0.29, 0.717) is 59.6 Å². The minimum Gasteiger partial charge on any atom is -0.507 e. The molecule has 3 aliphatic carbocycles. The number of phenolic OH excluding ortho intramolecular Hbond substituents is 1. The molecule has 55 heavy (non-hydrogen) atoms. The number of benzene rings is 4. The lowest BCUT2D eigenvalue weighted by atomic mass is 9.44. The normalized spacial score (nSPS) is 27.5. The summed E-state index contributed by atoms with van der Waals surface area (Å²) in [6.45, 7) is 6.71. The monoisotopic (exact) mass is 730 g/mol. The lowest BCUT2D eigenvalue weighted by Gasteiger charge is -2.55. The fraction of sp³-hybridized carbons (Fsp3) is 0.277. The number of imide groups is 1. The Morgan fingerprint density at radius 2 is 1.49 bits per heavy atom. The van der Waals surface area contributed by atoms with Crippen LogP contribution in [0.4, 0.5) is 11.4 Å². The number of aromatic hydroxyl groups is 1. The maximum Gasteiger partial charge on any atom is 0.238 e. The van der Waals surface area contributed by atoms with E-state index in [-0.39, 0.29) is 35.6 Å². The van der Waals surface area contributed by atoms with Crippen molar-refractivity contribution >= 4 is 40.3 Å². The van der Waals surface area contributed by atoms with Crippen molar-refractivity contribution < 1.29 is 29.0 Å². The number of rotatable bonds is 7. The predicted molar refractivity (Wildman–Crippen MR) is 211 cm³/mol. The van der Waals surface area contributed by atoms with Crippen LogP contribution in [0.1, 0.15) is 41.0 Å². The molecule has 5 aliphatic rings.